The fourth-order valence-electron chi connectivity index (χ4n) is 6.27. The van der Waals surface area contributed by atoms with Crippen molar-refractivity contribution >= 4 is 15.7 Å². The number of hydrogen-bond donors (Lipinski definition) is 1. The Kier molecular flexibility index (Phi) is 12.0. The van der Waals surface area contributed by atoms with E-state index in [9.17, 15) is 13.5 Å². The van der Waals surface area contributed by atoms with Gasteiger partial charge in [0.25, 0.3) is 0 Å². The number of fused-ring (bicyclic) bond motifs is 1. The summed E-state index contributed by atoms with van der Waals surface area (Å²) in [5, 5.41) is 10.4. The Morgan fingerprint density at radius 3 is 2.31 bits per heavy atom. The minimum Gasteiger partial charge on any atom is -0.497 e. The molecule has 0 amide bonds. The smallest absolute Gasteiger partial charge is 0.243 e. The minimum atomic E-state index is -3.86. The molecule has 1 fully saturated rings. The molecule has 0 bridgehead atoms. The van der Waals surface area contributed by atoms with Gasteiger partial charge >= 0.3 is 0 Å². The highest BCUT2D eigenvalue weighted by atomic mass is 32.2. The lowest BCUT2D eigenvalue weighted by atomic mass is 9.85. The van der Waals surface area contributed by atoms with Gasteiger partial charge in [0.2, 0.25) is 10.0 Å². The molecule has 262 valence electrons. The Morgan fingerprint density at radius 2 is 1.65 bits per heavy atom. The Morgan fingerprint density at radius 1 is 0.938 bits per heavy atom. The molecule has 0 aliphatic carbocycles. The second-order valence-electron chi connectivity index (χ2n) is 13.2. The summed E-state index contributed by atoms with van der Waals surface area (Å²) in [6.07, 6.45) is 0.229. The largest absolute Gasteiger partial charge is 0.497 e. The van der Waals surface area contributed by atoms with E-state index in [1.165, 1.54) is 4.31 Å². The van der Waals surface area contributed by atoms with Crippen LogP contribution >= 0.6 is 0 Å². The molecule has 11 heteroatoms. The molecular formula is C37H50N2O8S. The number of benzene rings is 3. The number of ether oxygens (including phenoxy) is 5. The summed E-state index contributed by atoms with van der Waals surface area (Å²) in [7, 11) is -0.520. The van der Waals surface area contributed by atoms with Crippen molar-refractivity contribution in [3.63, 3.8) is 0 Å². The molecule has 0 aromatic heterocycles. The summed E-state index contributed by atoms with van der Waals surface area (Å²) in [5.41, 5.74) is 2.99. The summed E-state index contributed by atoms with van der Waals surface area (Å²) >= 11 is 0. The standard InChI is InChI=1S/C37H50N2O8S/c1-27-7-14-31(15-8-27)48(41,42)39-24-34(45-21-17-37(2,3)40)36(29-10-12-30(44-5)13-11-29)35(25-39)47-26-28-9-16-33-32(23-28)38(19-22-46-33)18-6-20-43-4/h7-16,23,34-36,40H,6,17-22,24-26H2,1-5H3/t34-,35+,36+/m1/s1. The SMILES string of the molecule is COCCCN1CCOc2ccc(CO[C@H]3CN(S(=O)(=O)c4ccc(C)cc4)C[C@@H](OCCC(C)(C)O)[C@@H]3c3ccc(OC)cc3)cc21. The topological polar surface area (TPSA) is 107 Å². The molecule has 3 aromatic carbocycles. The number of piperidine rings is 1. The van der Waals surface area contributed by atoms with Crippen LogP contribution in [0.1, 0.15) is 49.3 Å². The Balaban J connectivity index is 1.46. The van der Waals surface area contributed by atoms with Crippen LogP contribution in [0.2, 0.25) is 0 Å². The highest BCUT2D eigenvalue weighted by Crippen LogP contribution is 2.38. The highest BCUT2D eigenvalue weighted by Gasteiger charge is 2.44. The van der Waals surface area contributed by atoms with Crippen LogP contribution < -0.4 is 14.4 Å². The van der Waals surface area contributed by atoms with Gasteiger partial charge in [-0.15, -0.1) is 0 Å². The lowest BCUT2D eigenvalue weighted by Gasteiger charge is -2.43. The van der Waals surface area contributed by atoms with Gasteiger partial charge in [-0.2, -0.15) is 4.31 Å². The third-order valence-electron chi connectivity index (χ3n) is 9.00. The van der Waals surface area contributed by atoms with Crippen molar-refractivity contribution < 1.29 is 37.2 Å². The summed E-state index contributed by atoms with van der Waals surface area (Å²) in [6, 6.07) is 20.8. The lowest BCUT2D eigenvalue weighted by molar-refractivity contribution is -0.0866. The predicted molar refractivity (Wildman–Crippen MR) is 186 cm³/mol. The van der Waals surface area contributed by atoms with Crippen LogP contribution in [0.25, 0.3) is 0 Å². The average Bonchev–Trinajstić information content (AvgIpc) is 3.07. The molecule has 1 N–H and O–H groups in total. The summed E-state index contributed by atoms with van der Waals surface area (Å²) in [6.45, 7) is 9.18. The van der Waals surface area contributed by atoms with Crippen molar-refractivity contribution in [3.8, 4) is 11.5 Å². The molecule has 1 saturated heterocycles. The molecule has 2 aliphatic heterocycles. The summed E-state index contributed by atoms with van der Waals surface area (Å²) < 4.78 is 59.4. The van der Waals surface area contributed by atoms with Crippen LogP contribution in [0.15, 0.2) is 71.6 Å². The van der Waals surface area contributed by atoms with Gasteiger partial charge in [0.15, 0.2) is 0 Å². The van der Waals surface area contributed by atoms with Gasteiger partial charge in [0.05, 0.1) is 48.7 Å². The van der Waals surface area contributed by atoms with Gasteiger partial charge < -0.3 is 33.7 Å². The van der Waals surface area contributed by atoms with E-state index < -0.39 is 27.8 Å². The van der Waals surface area contributed by atoms with Gasteiger partial charge in [-0.25, -0.2) is 8.42 Å². The molecule has 5 rings (SSSR count). The normalized spacial score (nSPS) is 20.3. The fraction of sp³-hybridized carbons (Fsp3) is 0.514. The third kappa shape index (κ3) is 9.07. The van der Waals surface area contributed by atoms with Gasteiger partial charge in [-0.3, -0.25) is 0 Å². The molecule has 0 unspecified atom stereocenters. The number of hydrogen-bond acceptors (Lipinski definition) is 9. The highest BCUT2D eigenvalue weighted by molar-refractivity contribution is 7.89. The van der Waals surface area contributed by atoms with E-state index >= 15 is 0 Å². The molecule has 3 atom stereocenters. The maximum Gasteiger partial charge on any atom is 0.243 e. The van der Waals surface area contributed by atoms with Crippen LogP contribution in [-0.2, 0) is 30.8 Å². The van der Waals surface area contributed by atoms with Crippen LogP contribution in [0, 0.1) is 6.92 Å². The second kappa shape index (κ2) is 16.0. The van der Waals surface area contributed by atoms with Gasteiger partial charge in [-0.1, -0.05) is 35.9 Å². The number of rotatable bonds is 15. The molecule has 0 spiro atoms. The molecule has 0 radical (unpaired) electrons. The van der Waals surface area contributed by atoms with Crippen LogP contribution in [-0.4, -0.2) is 95.9 Å². The zero-order valence-electron chi connectivity index (χ0n) is 28.8. The first-order valence-corrected chi connectivity index (χ1v) is 18.1. The molecule has 3 aromatic rings. The number of sulfonamides is 1. The molecule has 0 saturated carbocycles. The maximum absolute atomic E-state index is 14.1. The fourth-order valence-corrected chi connectivity index (χ4v) is 7.73. The van der Waals surface area contributed by atoms with E-state index in [0.29, 0.717) is 19.6 Å². The number of anilines is 1. The van der Waals surface area contributed by atoms with Crippen molar-refractivity contribution in [1.82, 2.24) is 4.31 Å². The molecular weight excluding hydrogens is 632 g/mol. The van der Waals surface area contributed by atoms with E-state index in [1.807, 2.05) is 43.3 Å². The molecule has 10 nitrogen and oxygen atoms in total. The Bertz CT molecular complexity index is 1570. The zero-order chi connectivity index (χ0) is 34.3. The quantitative estimate of drug-likeness (QED) is 0.218. The Hall–Kier alpha value is -3.19. The van der Waals surface area contributed by atoms with Crippen molar-refractivity contribution in [2.45, 2.75) is 68.8 Å². The molecule has 48 heavy (non-hydrogen) atoms. The van der Waals surface area contributed by atoms with E-state index in [0.717, 1.165) is 53.4 Å². The zero-order valence-corrected chi connectivity index (χ0v) is 29.6. The summed E-state index contributed by atoms with van der Waals surface area (Å²) in [5.74, 6) is 1.28. The maximum atomic E-state index is 14.1. The van der Waals surface area contributed by atoms with E-state index in [1.54, 1.807) is 52.3 Å². The molecule has 2 heterocycles. The first kappa shape index (κ1) is 36.1. The van der Waals surface area contributed by atoms with Gasteiger partial charge in [-0.05, 0) is 81.1 Å². The van der Waals surface area contributed by atoms with Crippen molar-refractivity contribution in [1.29, 1.82) is 0 Å². The lowest BCUT2D eigenvalue weighted by Crippen LogP contribution is -2.54. The first-order chi connectivity index (χ1) is 23.0. The predicted octanol–water partition coefficient (Wildman–Crippen LogP) is 5.16. The minimum absolute atomic E-state index is 0.144. The van der Waals surface area contributed by atoms with Crippen molar-refractivity contribution in [2.75, 3.05) is 65.1 Å². The van der Waals surface area contributed by atoms with Gasteiger partial charge in [0.1, 0.15) is 18.1 Å². The van der Waals surface area contributed by atoms with E-state index in [4.69, 9.17) is 23.7 Å². The molecule has 2 aliphatic rings. The Labute approximate surface area is 285 Å². The van der Waals surface area contributed by atoms with Crippen molar-refractivity contribution in [3.05, 3.63) is 83.4 Å². The van der Waals surface area contributed by atoms with Crippen molar-refractivity contribution in [2.24, 2.45) is 0 Å². The van der Waals surface area contributed by atoms with Crippen LogP contribution in [0.3, 0.4) is 0 Å². The van der Waals surface area contributed by atoms with Crippen LogP contribution in [0.5, 0.6) is 11.5 Å². The van der Waals surface area contributed by atoms with Gasteiger partial charge in [0, 0.05) is 45.9 Å². The second-order valence-corrected chi connectivity index (χ2v) is 15.2. The van der Waals surface area contributed by atoms with E-state index in [-0.39, 0.29) is 37.1 Å². The average molecular weight is 683 g/mol. The third-order valence-corrected chi connectivity index (χ3v) is 10.8. The van der Waals surface area contributed by atoms with Crippen LogP contribution in [0.4, 0.5) is 5.69 Å². The monoisotopic (exact) mass is 682 g/mol. The number of aliphatic hydroxyl groups is 1. The number of nitrogens with zero attached hydrogens (tertiary/aromatic N) is 2. The summed E-state index contributed by atoms with van der Waals surface area (Å²) in [4.78, 5) is 2.54. The number of methoxy groups -OCH3 is 2. The number of aryl methyl sites for hydroxylation is 1. The van der Waals surface area contributed by atoms with E-state index in [2.05, 4.69) is 11.0 Å². The first-order valence-electron chi connectivity index (χ1n) is 16.6.